The van der Waals surface area contributed by atoms with Crippen molar-refractivity contribution in [1.82, 2.24) is 10.0 Å². The van der Waals surface area contributed by atoms with Crippen LogP contribution in [0.25, 0.3) is 0 Å². The van der Waals surface area contributed by atoms with Gasteiger partial charge < -0.3 is 20.6 Å². The van der Waals surface area contributed by atoms with E-state index in [1.807, 2.05) is 4.72 Å². The van der Waals surface area contributed by atoms with Crippen molar-refractivity contribution in [2.45, 2.75) is 17.1 Å². The van der Waals surface area contributed by atoms with Crippen LogP contribution >= 0.6 is 0 Å². The van der Waals surface area contributed by atoms with Gasteiger partial charge in [0, 0.05) is 6.54 Å². The fourth-order valence-corrected chi connectivity index (χ4v) is 2.60. The molecule has 5 N–H and O–H groups in total. The number of hydrogen-bond acceptors (Lipinski definition) is 6. The summed E-state index contributed by atoms with van der Waals surface area (Å²) in [5.41, 5.74) is 0.356. The maximum absolute atomic E-state index is 11.8. The molecule has 2 unspecified atom stereocenters. The zero-order valence-electron chi connectivity index (χ0n) is 11.4. The lowest BCUT2D eigenvalue weighted by Gasteiger charge is -2.18. The largest absolute Gasteiger partial charge is 0.480 e. The number of likely N-dealkylation sites (N-methyl/N-ethyl adjacent to an activating group) is 1. The Hall–Kier alpha value is -1.52. The van der Waals surface area contributed by atoms with E-state index in [0.717, 1.165) is 0 Å². The third-order valence-corrected chi connectivity index (χ3v) is 4.14. The Kier molecular flexibility index (Phi) is 6.24. The van der Waals surface area contributed by atoms with Crippen molar-refractivity contribution in [3.8, 4) is 0 Å². The second-order valence-corrected chi connectivity index (χ2v) is 6.12. The summed E-state index contributed by atoms with van der Waals surface area (Å²) in [5.74, 6) is -1.29. The van der Waals surface area contributed by atoms with Crippen molar-refractivity contribution in [1.29, 1.82) is 0 Å². The molecule has 0 bridgehead atoms. The van der Waals surface area contributed by atoms with Crippen LogP contribution in [0.1, 0.15) is 11.7 Å². The van der Waals surface area contributed by atoms with Crippen LogP contribution in [0.15, 0.2) is 29.2 Å². The third kappa shape index (κ3) is 5.06. The summed E-state index contributed by atoms with van der Waals surface area (Å²) in [6.45, 7) is -0.533. The van der Waals surface area contributed by atoms with Gasteiger partial charge in [-0.25, -0.2) is 8.42 Å². The summed E-state index contributed by atoms with van der Waals surface area (Å²) >= 11 is 0. The molecule has 0 heterocycles. The molecule has 1 aromatic carbocycles. The minimum absolute atomic E-state index is 0.122. The highest BCUT2D eigenvalue weighted by molar-refractivity contribution is 7.89. The molecule has 0 aliphatic rings. The first-order valence-corrected chi connectivity index (χ1v) is 7.58. The molecule has 0 amide bonds. The highest BCUT2D eigenvalue weighted by Gasteiger charge is 2.19. The summed E-state index contributed by atoms with van der Waals surface area (Å²) in [4.78, 5) is 10.2. The van der Waals surface area contributed by atoms with E-state index in [9.17, 15) is 23.4 Å². The van der Waals surface area contributed by atoms with E-state index in [0.29, 0.717) is 5.56 Å². The second kappa shape index (κ2) is 7.48. The van der Waals surface area contributed by atoms with E-state index in [1.54, 1.807) is 7.05 Å². The fraction of sp³-hybridized carbons (Fsp3) is 0.417. The zero-order valence-corrected chi connectivity index (χ0v) is 12.2. The molecule has 0 spiro atoms. The lowest BCUT2D eigenvalue weighted by molar-refractivity contribution is -0.135. The average Bonchev–Trinajstić information content (AvgIpc) is 2.45. The van der Waals surface area contributed by atoms with Crippen molar-refractivity contribution < 1.29 is 28.5 Å². The van der Waals surface area contributed by atoms with Gasteiger partial charge >= 0.3 is 5.97 Å². The molecule has 0 saturated carbocycles. The van der Waals surface area contributed by atoms with Gasteiger partial charge in [0.15, 0.2) is 0 Å². The Balaban J connectivity index is 2.84. The Morgan fingerprint density at radius 1 is 1.24 bits per heavy atom. The van der Waals surface area contributed by atoms with Gasteiger partial charge in [-0.1, -0.05) is 12.1 Å². The zero-order chi connectivity index (χ0) is 16.0. The van der Waals surface area contributed by atoms with E-state index >= 15 is 0 Å². The monoisotopic (exact) mass is 318 g/mol. The number of rotatable bonds is 8. The maximum Gasteiger partial charge on any atom is 0.318 e. The van der Waals surface area contributed by atoms with E-state index in [4.69, 9.17) is 5.11 Å². The fourth-order valence-electron chi connectivity index (χ4n) is 1.63. The quantitative estimate of drug-likeness (QED) is 0.400. The summed E-state index contributed by atoms with van der Waals surface area (Å²) in [6, 6.07) is 5.18. The predicted octanol–water partition coefficient (Wildman–Crippen LogP) is -1.34. The Labute approximate surface area is 122 Å². The minimum atomic E-state index is -3.92. The number of nitrogens with one attached hydrogen (secondary N) is 2. The van der Waals surface area contributed by atoms with Gasteiger partial charge in [-0.2, -0.15) is 4.72 Å². The number of carboxylic acids is 1. The molecule has 8 nitrogen and oxygen atoms in total. The molecule has 118 valence electrons. The molecule has 9 heteroatoms. The number of carbonyl (C=O) groups is 1. The highest BCUT2D eigenvalue weighted by atomic mass is 32.2. The Morgan fingerprint density at radius 2 is 1.81 bits per heavy atom. The molecule has 2 atom stereocenters. The smallest absolute Gasteiger partial charge is 0.318 e. The van der Waals surface area contributed by atoms with Crippen LogP contribution in [0.3, 0.4) is 0 Å². The molecule has 0 aromatic heterocycles. The van der Waals surface area contributed by atoms with E-state index in [-0.39, 0.29) is 11.4 Å². The van der Waals surface area contributed by atoms with E-state index in [1.165, 1.54) is 24.3 Å². The maximum atomic E-state index is 11.8. The third-order valence-electron chi connectivity index (χ3n) is 2.72. The van der Waals surface area contributed by atoms with Gasteiger partial charge in [0.1, 0.15) is 12.6 Å². The molecule has 0 aliphatic heterocycles. The molecular formula is C12H18N2O6S. The number of sulfonamides is 1. The van der Waals surface area contributed by atoms with Crippen molar-refractivity contribution in [2.24, 2.45) is 0 Å². The summed E-state index contributed by atoms with van der Waals surface area (Å²) in [6.07, 6.45) is -2.18. The summed E-state index contributed by atoms with van der Waals surface area (Å²) in [5, 5.41) is 30.7. The number of benzene rings is 1. The van der Waals surface area contributed by atoms with E-state index < -0.39 is 34.7 Å². The Bertz CT molecular complexity index is 572. The number of aliphatic hydroxyl groups is 2. The lowest BCUT2D eigenvalue weighted by Crippen LogP contribution is -2.30. The molecule has 1 aromatic rings. The number of aliphatic hydroxyl groups excluding tert-OH is 2. The van der Waals surface area contributed by atoms with Crippen molar-refractivity contribution in [2.75, 3.05) is 20.1 Å². The van der Waals surface area contributed by atoms with Crippen LogP contribution < -0.4 is 10.0 Å². The number of aliphatic carboxylic acids is 1. The molecule has 21 heavy (non-hydrogen) atoms. The minimum Gasteiger partial charge on any atom is -0.480 e. The number of carboxylic acid groups (broad SMARTS) is 1. The standard InChI is InChI=1S/C12H18N2O6S/c1-13-6-10(15)12(18)8-2-4-9(5-3-8)21(19,20)14-7-11(16)17/h2-5,10,12-15,18H,6-7H2,1H3,(H,16,17). The van der Waals surface area contributed by atoms with Crippen LogP contribution in [-0.4, -0.2) is 55.9 Å². The van der Waals surface area contributed by atoms with Crippen molar-refractivity contribution in [3.05, 3.63) is 29.8 Å². The molecule has 0 saturated heterocycles. The van der Waals surface area contributed by atoms with Crippen LogP contribution in [0, 0.1) is 0 Å². The average molecular weight is 318 g/mol. The van der Waals surface area contributed by atoms with Gasteiger partial charge in [-0.3, -0.25) is 4.79 Å². The second-order valence-electron chi connectivity index (χ2n) is 4.36. The summed E-state index contributed by atoms with van der Waals surface area (Å²) in [7, 11) is -2.29. The van der Waals surface area contributed by atoms with Crippen molar-refractivity contribution in [3.63, 3.8) is 0 Å². The van der Waals surface area contributed by atoms with E-state index in [2.05, 4.69) is 5.32 Å². The molecule has 1 rings (SSSR count). The van der Waals surface area contributed by atoms with Gasteiger partial charge in [0.25, 0.3) is 0 Å². The first-order chi connectivity index (χ1) is 9.77. The van der Waals surface area contributed by atoms with Crippen LogP contribution in [-0.2, 0) is 14.8 Å². The van der Waals surface area contributed by atoms with Crippen LogP contribution in [0.2, 0.25) is 0 Å². The summed E-state index contributed by atoms with van der Waals surface area (Å²) < 4.78 is 25.4. The van der Waals surface area contributed by atoms with Gasteiger partial charge in [0.05, 0.1) is 11.0 Å². The van der Waals surface area contributed by atoms with Crippen molar-refractivity contribution >= 4 is 16.0 Å². The predicted molar refractivity (Wildman–Crippen MR) is 74.2 cm³/mol. The highest BCUT2D eigenvalue weighted by Crippen LogP contribution is 2.19. The number of hydrogen-bond donors (Lipinski definition) is 5. The molecular weight excluding hydrogens is 300 g/mol. The van der Waals surface area contributed by atoms with Gasteiger partial charge in [0.2, 0.25) is 10.0 Å². The van der Waals surface area contributed by atoms with Gasteiger partial charge in [-0.15, -0.1) is 0 Å². The Morgan fingerprint density at radius 3 is 2.29 bits per heavy atom. The van der Waals surface area contributed by atoms with Gasteiger partial charge in [-0.05, 0) is 24.7 Å². The van der Waals surface area contributed by atoms with Crippen LogP contribution in [0.4, 0.5) is 0 Å². The molecule has 0 radical (unpaired) electrons. The first-order valence-electron chi connectivity index (χ1n) is 6.10. The SMILES string of the molecule is CNCC(O)C(O)c1ccc(S(=O)(=O)NCC(=O)O)cc1. The lowest BCUT2D eigenvalue weighted by atomic mass is 10.0. The first kappa shape index (κ1) is 17.5. The molecule has 0 fully saturated rings. The normalized spacial score (nSPS) is 14.6. The molecule has 0 aliphatic carbocycles. The topological polar surface area (TPSA) is 136 Å². The van der Waals surface area contributed by atoms with Crippen LogP contribution in [0.5, 0.6) is 0 Å².